The highest BCUT2D eigenvalue weighted by Gasteiger charge is 2.11. The summed E-state index contributed by atoms with van der Waals surface area (Å²) in [7, 11) is 1.53. The van der Waals surface area contributed by atoms with Crippen molar-refractivity contribution < 1.29 is 19.1 Å². The van der Waals surface area contributed by atoms with Gasteiger partial charge in [-0.2, -0.15) is 0 Å². The van der Waals surface area contributed by atoms with E-state index in [4.69, 9.17) is 9.47 Å². The smallest absolute Gasteiger partial charge is 0.411 e. The van der Waals surface area contributed by atoms with Gasteiger partial charge >= 0.3 is 6.09 Å². The Morgan fingerprint density at radius 1 is 1.19 bits per heavy atom. The Morgan fingerprint density at radius 3 is 2.48 bits per heavy atom. The number of amides is 2. The average molecular weight is 294 g/mol. The van der Waals surface area contributed by atoms with Crippen molar-refractivity contribution in [3.63, 3.8) is 0 Å². The first kappa shape index (κ1) is 17.0. The molecule has 2 N–H and O–H groups in total. The number of hydrogen-bond donors (Lipinski definition) is 2. The molecule has 1 aromatic rings. The number of carbonyl (C=O) groups is 2. The summed E-state index contributed by atoms with van der Waals surface area (Å²) in [5.41, 5.74) is 1.19. The van der Waals surface area contributed by atoms with E-state index in [1.54, 1.807) is 24.3 Å². The largest absolute Gasteiger partial charge is 0.447 e. The number of ether oxygens (including phenoxy) is 2. The SMILES string of the molecule is CCC(C)C(=O)Nc1cccc(NC(=O)OCCOC)c1. The predicted molar refractivity (Wildman–Crippen MR) is 81.4 cm³/mol. The van der Waals surface area contributed by atoms with Gasteiger partial charge in [0.2, 0.25) is 5.91 Å². The molecule has 116 valence electrons. The second-order valence-corrected chi connectivity index (χ2v) is 4.63. The maximum atomic E-state index is 11.8. The standard InChI is InChI=1S/C15H22N2O4/c1-4-11(2)14(18)16-12-6-5-7-13(10-12)17-15(19)21-9-8-20-3/h5-7,10-11H,4,8-9H2,1-3H3,(H,16,18)(H,17,19). The molecule has 1 rings (SSSR count). The van der Waals surface area contributed by atoms with Gasteiger partial charge in [-0.3, -0.25) is 10.1 Å². The third-order valence-corrected chi connectivity index (χ3v) is 2.96. The van der Waals surface area contributed by atoms with Crippen LogP contribution < -0.4 is 10.6 Å². The molecule has 1 unspecified atom stereocenters. The van der Waals surface area contributed by atoms with Crippen LogP contribution in [0.15, 0.2) is 24.3 Å². The van der Waals surface area contributed by atoms with Crippen molar-refractivity contribution in [2.75, 3.05) is 31.0 Å². The highest BCUT2D eigenvalue weighted by Crippen LogP contribution is 2.16. The third kappa shape index (κ3) is 6.27. The highest BCUT2D eigenvalue weighted by atomic mass is 16.6. The minimum absolute atomic E-state index is 0.0441. The van der Waals surface area contributed by atoms with Gasteiger partial charge in [0.05, 0.1) is 6.61 Å². The zero-order valence-electron chi connectivity index (χ0n) is 12.6. The van der Waals surface area contributed by atoms with E-state index in [9.17, 15) is 9.59 Å². The maximum Gasteiger partial charge on any atom is 0.411 e. The summed E-state index contributed by atoms with van der Waals surface area (Å²) >= 11 is 0. The quantitative estimate of drug-likeness (QED) is 0.758. The Labute approximate surface area is 124 Å². The van der Waals surface area contributed by atoms with Crippen LogP contribution >= 0.6 is 0 Å². The number of rotatable bonds is 7. The fourth-order valence-corrected chi connectivity index (χ4v) is 1.50. The Morgan fingerprint density at radius 2 is 1.86 bits per heavy atom. The van der Waals surface area contributed by atoms with Crippen LogP contribution in [-0.2, 0) is 14.3 Å². The zero-order chi connectivity index (χ0) is 15.7. The number of carbonyl (C=O) groups excluding carboxylic acids is 2. The number of methoxy groups -OCH3 is 1. The molecule has 0 fully saturated rings. The number of hydrogen-bond acceptors (Lipinski definition) is 4. The van der Waals surface area contributed by atoms with Crippen molar-refractivity contribution in [2.45, 2.75) is 20.3 Å². The molecular formula is C15H22N2O4. The normalized spacial score (nSPS) is 11.6. The van der Waals surface area contributed by atoms with Crippen molar-refractivity contribution in [1.82, 2.24) is 0 Å². The fraction of sp³-hybridized carbons (Fsp3) is 0.467. The van der Waals surface area contributed by atoms with Gasteiger partial charge in [-0.15, -0.1) is 0 Å². The van der Waals surface area contributed by atoms with Crippen LogP contribution in [0, 0.1) is 5.92 Å². The van der Waals surface area contributed by atoms with E-state index >= 15 is 0 Å². The molecule has 1 aromatic carbocycles. The molecule has 2 amide bonds. The summed E-state index contributed by atoms with van der Waals surface area (Å²) in [6.07, 6.45) is 0.215. The van der Waals surface area contributed by atoms with Crippen molar-refractivity contribution in [3.05, 3.63) is 24.3 Å². The second kappa shape index (κ2) is 8.97. The summed E-state index contributed by atoms with van der Waals surface area (Å²) in [6, 6.07) is 6.91. The molecule has 0 radical (unpaired) electrons. The second-order valence-electron chi connectivity index (χ2n) is 4.63. The van der Waals surface area contributed by atoms with Gasteiger partial charge in [-0.1, -0.05) is 19.9 Å². The van der Waals surface area contributed by atoms with Gasteiger partial charge < -0.3 is 14.8 Å². The lowest BCUT2D eigenvalue weighted by Crippen LogP contribution is -2.20. The summed E-state index contributed by atoms with van der Waals surface area (Å²) in [4.78, 5) is 23.3. The molecule has 0 aliphatic carbocycles. The first-order valence-corrected chi connectivity index (χ1v) is 6.90. The van der Waals surface area contributed by atoms with E-state index < -0.39 is 6.09 Å². The van der Waals surface area contributed by atoms with E-state index in [1.165, 1.54) is 7.11 Å². The molecule has 1 atom stereocenters. The first-order chi connectivity index (χ1) is 10.1. The van der Waals surface area contributed by atoms with Crippen LogP contribution in [0.1, 0.15) is 20.3 Å². The lowest BCUT2D eigenvalue weighted by Gasteiger charge is -2.11. The van der Waals surface area contributed by atoms with E-state index in [-0.39, 0.29) is 18.4 Å². The van der Waals surface area contributed by atoms with E-state index in [1.807, 2.05) is 13.8 Å². The molecule has 6 nitrogen and oxygen atoms in total. The van der Waals surface area contributed by atoms with Crippen molar-refractivity contribution >= 4 is 23.4 Å². The molecule has 0 aliphatic heterocycles. The van der Waals surface area contributed by atoms with Crippen LogP contribution in [0.5, 0.6) is 0 Å². The summed E-state index contributed by atoms with van der Waals surface area (Å²) in [6.45, 7) is 4.36. The van der Waals surface area contributed by atoms with Gasteiger partial charge in [-0.05, 0) is 24.6 Å². The molecule has 0 aromatic heterocycles. The van der Waals surface area contributed by atoms with Crippen LogP contribution in [0.3, 0.4) is 0 Å². The van der Waals surface area contributed by atoms with Gasteiger partial charge in [0, 0.05) is 24.4 Å². The average Bonchev–Trinajstić information content (AvgIpc) is 2.47. The van der Waals surface area contributed by atoms with E-state index in [2.05, 4.69) is 10.6 Å². The molecule has 0 saturated carbocycles. The fourth-order valence-electron chi connectivity index (χ4n) is 1.50. The molecule has 6 heteroatoms. The summed E-state index contributed by atoms with van der Waals surface area (Å²) in [5, 5.41) is 5.40. The number of benzene rings is 1. The Hall–Kier alpha value is -2.08. The van der Waals surface area contributed by atoms with Crippen molar-refractivity contribution in [1.29, 1.82) is 0 Å². The Balaban J connectivity index is 2.56. The van der Waals surface area contributed by atoms with Crippen molar-refractivity contribution in [2.24, 2.45) is 5.92 Å². The third-order valence-electron chi connectivity index (χ3n) is 2.96. The minimum Gasteiger partial charge on any atom is -0.447 e. The zero-order valence-corrected chi connectivity index (χ0v) is 12.6. The molecule has 21 heavy (non-hydrogen) atoms. The van der Waals surface area contributed by atoms with Crippen LogP contribution in [0.2, 0.25) is 0 Å². The van der Waals surface area contributed by atoms with Crippen LogP contribution in [0.4, 0.5) is 16.2 Å². The maximum absolute atomic E-state index is 11.8. The lowest BCUT2D eigenvalue weighted by molar-refractivity contribution is -0.119. The molecule has 0 bridgehead atoms. The molecule has 0 spiro atoms. The molecule has 0 aliphatic rings. The van der Waals surface area contributed by atoms with E-state index in [0.717, 1.165) is 6.42 Å². The number of anilines is 2. The highest BCUT2D eigenvalue weighted by molar-refractivity contribution is 5.93. The van der Waals surface area contributed by atoms with E-state index in [0.29, 0.717) is 18.0 Å². The van der Waals surface area contributed by atoms with Gasteiger partial charge in [0.1, 0.15) is 6.61 Å². The van der Waals surface area contributed by atoms with Crippen molar-refractivity contribution in [3.8, 4) is 0 Å². The summed E-state index contributed by atoms with van der Waals surface area (Å²) in [5.74, 6) is -0.0991. The van der Waals surface area contributed by atoms with Crippen LogP contribution in [-0.4, -0.2) is 32.3 Å². The topological polar surface area (TPSA) is 76.7 Å². The molecular weight excluding hydrogens is 272 g/mol. The minimum atomic E-state index is -0.558. The van der Waals surface area contributed by atoms with Gasteiger partial charge in [-0.25, -0.2) is 4.79 Å². The summed E-state index contributed by atoms with van der Waals surface area (Å²) < 4.78 is 9.69. The monoisotopic (exact) mass is 294 g/mol. The number of nitrogens with one attached hydrogen (secondary N) is 2. The van der Waals surface area contributed by atoms with Crippen LogP contribution in [0.25, 0.3) is 0 Å². The van der Waals surface area contributed by atoms with Gasteiger partial charge in [0.25, 0.3) is 0 Å². The molecule has 0 saturated heterocycles. The molecule has 0 heterocycles. The predicted octanol–water partition coefficient (Wildman–Crippen LogP) is 2.87. The Kier molecular flexibility index (Phi) is 7.25. The first-order valence-electron chi connectivity index (χ1n) is 6.90. The lowest BCUT2D eigenvalue weighted by atomic mass is 10.1. The Bertz CT molecular complexity index is 476. The van der Waals surface area contributed by atoms with Gasteiger partial charge in [0.15, 0.2) is 0 Å².